The number of hydrazine groups is 1. The molecule has 0 aliphatic heterocycles. The van der Waals surface area contributed by atoms with Gasteiger partial charge in [0.1, 0.15) is 0 Å². The van der Waals surface area contributed by atoms with E-state index in [9.17, 15) is 4.79 Å². The molecule has 0 atom stereocenters. The Morgan fingerprint density at radius 1 is 0.944 bits per heavy atom. The lowest BCUT2D eigenvalue weighted by atomic mass is 10.3. The van der Waals surface area contributed by atoms with Gasteiger partial charge in [0.25, 0.3) is 0 Å². The van der Waals surface area contributed by atoms with Crippen molar-refractivity contribution < 1.29 is 4.79 Å². The van der Waals surface area contributed by atoms with Crippen LogP contribution in [0.5, 0.6) is 0 Å². The topological polar surface area (TPSA) is 67.2 Å². The zero-order valence-corrected chi connectivity index (χ0v) is 10.3. The van der Waals surface area contributed by atoms with Gasteiger partial charge in [-0.15, -0.1) is 0 Å². The van der Waals surface area contributed by atoms with Gasteiger partial charge in [-0.3, -0.25) is 15.6 Å². The van der Waals surface area contributed by atoms with Gasteiger partial charge in [-0.2, -0.15) is 0 Å². The summed E-state index contributed by atoms with van der Waals surface area (Å²) in [6.45, 7) is 1.45. The summed E-state index contributed by atoms with van der Waals surface area (Å²) in [5.74, 6) is -0.103. The van der Waals surface area contributed by atoms with Gasteiger partial charge < -0.3 is 5.73 Å². The van der Waals surface area contributed by atoms with Crippen LogP contribution in [0, 0.1) is 0 Å². The van der Waals surface area contributed by atoms with E-state index in [-0.39, 0.29) is 5.91 Å². The predicted molar refractivity (Wildman–Crippen MR) is 74.7 cm³/mol. The van der Waals surface area contributed by atoms with E-state index in [0.717, 1.165) is 11.4 Å². The van der Waals surface area contributed by atoms with Crippen LogP contribution in [0.2, 0.25) is 0 Å². The molecule has 1 amide bonds. The molecule has 2 rings (SSSR count). The molecule has 4 nitrogen and oxygen atoms in total. The molecule has 0 spiro atoms. The second-order valence-corrected chi connectivity index (χ2v) is 3.58. The average Bonchev–Trinajstić information content (AvgIpc) is 2.39. The van der Waals surface area contributed by atoms with Crippen molar-refractivity contribution in [1.29, 1.82) is 0 Å². The first-order valence-corrected chi connectivity index (χ1v) is 5.56. The Morgan fingerprint density at radius 2 is 1.44 bits per heavy atom. The van der Waals surface area contributed by atoms with E-state index in [1.807, 2.05) is 60.7 Å². The fourth-order valence-corrected chi connectivity index (χ4v) is 1.13. The molecule has 0 bridgehead atoms. The Hall–Kier alpha value is -2.49. The number of carbonyl (C=O) groups is 1. The van der Waals surface area contributed by atoms with E-state index in [1.165, 1.54) is 6.92 Å². The van der Waals surface area contributed by atoms with Crippen LogP contribution in [-0.4, -0.2) is 5.91 Å². The summed E-state index contributed by atoms with van der Waals surface area (Å²) in [5, 5.41) is 0. The van der Waals surface area contributed by atoms with Crippen molar-refractivity contribution in [2.75, 3.05) is 11.2 Å². The highest BCUT2D eigenvalue weighted by Crippen LogP contribution is 2.01. The van der Waals surface area contributed by atoms with Crippen molar-refractivity contribution in [2.45, 2.75) is 6.92 Å². The summed E-state index contributed by atoms with van der Waals surface area (Å²) in [6, 6.07) is 18.9. The summed E-state index contributed by atoms with van der Waals surface area (Å²) in [5.41, 5.74) is 12.3. The van der Waals surface area contributed by atoms with Crippen LogP contribution < -0.4 is 16.6 Å². The van der Waals surface area contributed by atoms with E-state index in [0.29, 0.717) is 0 Å². The number of anilines is 2. The highest BCUT2D eigenvalue weighted by Gasteiger charge is 1.88. The summed E-state index contributed by atoms with van der Waals surface area (Å²) in [4.78, 5) is 10.4. The molecule has 0 saturated carbocycles. The highest BCUT2D eigenvalue weighted by molar-refractivity contribution is 5.74. The van der Waals surface area contributed by atoms with Gasteiger partial charge in [0.15, 0.2) is 0 Å². The Bertz CT molecular complexity index is 457. The number of amides is 1. The van der Waals surface area contributed by atoms with Gasteiger partial charge >= 0.3 is 0 Å². The molecule has 0 aliphatic carbocycles. The maximum Gasteiger partial charge on any atom is 0.235 e. The van der Waals surface area contributed by atoms with Crippen LogP contribution in [0.15, 0.2) is 60.7 Å². The summed E-state index contributed by atoms with van der Waals surface area (Å²) >= 11 is 0. The van der Waals surface area contributed by atoms with Gasteiger partial charge in [-0.25, -0.2) is 0 Å². The summed E-state index contributed by atoms with van der Waals surface area (Å²) < 4.78 is 0. The van der Waals surface area contributed by atoms with Crippen LogP contribution in [-0.2, 0) is 4.79 Å². The zero-order valence-electron chi connectivity index (χ0n) is 10.3. The third-order valence-corrected chi connectivity index (χ3v) is 1.96. The molecule has 4 heteroatoms. The molecule has 0 unspecified atom stereocenters. The maximum absolute atomic E-state index is 10.4. The Labute approximate surface area is 107 Å². The van der Waals surface area contributed by atoms with Crippen LogP contribution in [0.25, 0.3) is 0 Å². The van der Waals surface area contributed by atoms with Crippen molar-refractivity contribution in [3.63, 3.8) is 0 Å². The Balaban J connectivity index is 0.000000199. The SMILES string of the molecule is CC(=O)NNc1ccccc1.Nc1ccccc1. The summed E-state index contributed by atoms with van der Waals surface area (Å²) in [6.07, 6.45) is 0. The molecule has 4 N–H and O–H groups in total. The van der Waals surface area contributed by atoms with Gasteiger partial charge in [0.05, 0.1) is 5.69 Å². The van der Waals surface area contributed by atoms with Crippen molar-refractivity contribution in [2.24, 2.45) is 0 Å². The third kappa shape index (κ3) is 6.17. The van der Waals surface area contributed by atoms with Crippen molar-refractivity contribution in [3.8, 4) is 0 Å². The summed E-state index contributed by atoms with van der Waals surface area (Å²) in [7, 11) is 0. The van der Waals surface area contributed by atoms with E-state index < -0.39 is 0 Å². The molecule has 0 aliphatic rings. The number of rotatable bonds is 2. The first-order chi connectivity index (χ1) is 8.68. The number of carbonyl (C=O) groups excluding carboxylic acids is 1. The minimum Gasteiger partial charge on any atom is -0.399 e. The molecule has 0 heterocycles. The molecule has 94 valence electrons. The Morgan fingerprint density at radius 3 is 1.83 bits per heavy atom. The standard InChI is InChI=1S/C8H10N2O.C6H7N/c1-7(11)9-10-8-5-3-2-4-6-8;7-6-4-2-1-3-5-6/h2-6,10H,1H3,(H,9,11);1-5H,7H2. The van der Waals surface area contributed by atoms with Crippen LogP contribution in [0.3, 0.4) is 0 Å². The predicted octanol–water partition coefficient (Wildman–Crippen LogP) is 2.42. The minimum absolute atomic E-state index is 0.103. The second-order valence-electron chi connectivity index (χ2n) is 3.58. The zero-order chi connectivity index (χ0) is 13.2. The largest absolute Gasteiger partial charge is 0.399 e. The van der Waals surface area contributed by atoms with Gasteiger partial charge in [-0.1, -0.05) is 36.4 Å². The Kier molecular flexibility index (Phi) is 5.83. The highest BCUT2D eigenvalue weighted by atomic mass is 16.2. The monoisotopic (exact) mass is 243 g/mol. The lowest BCUT2D eigenvalue weighted by molar-refractivity contribution is -0.118. The quantitative estimate of drug-likeness (QED) is 0.560. The van der Waals surface area contributed by atoms with Crippen LogP contribution in [0.4, 0.5) is 11.4 Å². The molecule has 0 fully saturated rings. The normalized spacial score (nSPS) is 8.72. The van der Waals surface area contributed by atoms with E-state index in [4.69, 9.17) is 5.73 Å². The number of para-hydroxylation sites is 2. The fraction of sp³-hybridized carbons (Fsp3) is 0.0714. The lowest BCUT2D eigenvalue weighted by Gasteiger charge is -2.04. The number of hydrogen-bond acceptors (Lipinski definition) is 3. The number of nitrogens with two attached hydrogens (primary N) is 1. The average molecular weight is 243 g/mol. The van der Waals surface area contributed by atoms with Crippen molar-refractivity contribution >= 4 is 17.3 Å². The van der Waals surface area contributed by atoms with Crippen molar-refractivity contribution in [3.05, 3.63) is 60.7 Å². The number of nitrogens with one attached hydrogen (secondary N) is 2. The molecule has 0 saturated heterocycles. The van der Waals surface area contributed by atoms with Gasteiger partial charge in [0, 0.05) is 12.6 Å². The molecule has 18 heavy (non-hydrogen) atoms. The molecule has 0 radical (unpaired) electrons. The first kappa shape index (κ1) is 13.6. The molecule has 2 aromatic rings. The molecule has 0 aromatic heterocycles. The molecule has 2 aromatic carbocycles. The number of nitrogen functional groups attached to an aromatic ring is 1. The van der Waals surface area contributed by atoms with E-state index in [2.05, 4.69) is 10.9 Å². The van der Waals surface area contributed by atoms with Crippen LogP contribution in [0.1, 0.15) is 6.92 Å². The van der Waals surface area contributed by atoms with Gasteiger partial charge in [0.2, 0.25) is 5.91 Å². The van der Waals surface area contributed by atoms with E-state index >= 15 is 0 Å². The number of hydrogen-bond donors (Lipinski definition) is 3. The van der Waals surface area contributed by atoms with Gasteiger partial charge in [-0.05, 0) is 24.3 Å². The first-order valence-electron chi connectivity index (χ1n) is 5.56. The van der Waals surface area contributed by atoms with Crippen molar-refractivity contribution in [1.82, 2.24) is 5.43 Å². The fourth-order valence-electron chi connectivity index (χ4n) is 1.13. The lowest BCUT2D eigenvalue weighted by Crippen LogP contribution is -2.26. The van der Waals surface area contributed by atoms with Crippen LogP contribution >= 0.6 is 0 Å². The second kappa shape index (κ2) is 7.73. The molecular formula is C14H17N3O. The maximum atomic E-state index is 10.4. The third-order valence-electron chi connectivity index (χ3n) is 1.96. The smallest absolute Gasteiger partial charge is 0.235 e. The minimum atomic E-state index is -0.103. The number of benzene rings is 2. The molecular weight excluding hydrogens is 226 g/mol. The van der Waals surface area contributed by atoms with E-state index in [1.54, 1.807) is 0 Å².